The number of carbonyl (C=O) groups excluding carboxylic acids is 1. The van der Waals surface area contributed by atoms with Crippen molar-refractivity contribution in [2.75, 3.05) is 19.8 Å². The molecule has 0 unspecified atom stereocenters. The van der Waals surface area contributed by atoms with Crippen LogP contribution in [-0.2, 0) is 4.74 Å². The predicted octanol–water partition coefficient (Wildman–Crippen LogP) is 7.27. The van der Waals surface area contributed by atoms with E-state index < -0.39 is 0 Å². The second kappa shape index (κ2) is 10.2. The fourth-order valence-corrected chi connectivity index (χ4v) is 5.69. The minimum absolute atomic E-state index is 0.135. The molecule has 4 aromatic rings. The number of aromatic nitrogens is 1. The summed E-state index contributed by atoms with van der Waals surface area (Å²) in [6, 6.07) is 19.2. The summed E-state index contributed by atoms with van der Waals surface area (Å²) in [6.07, 6.45) is 5.16. The predicted molar refractivity (Wildman–Crippen MR) is 147 cm³/mol. The lowest BCUT2D eigenvalue weighted by atomic mass is 9.90. The van der Waals surface area contributed by atoms with Crippen LogP contribution in [0.4, 0.5) is 0 Å². The molecule has 5 nitrogen and oxygen atoms in total. The molecule has 186 valence electrons. The number of para-hydroxylation sites is 2. The van der Waals surface area contributed by atoms with Crippen molar-refractivity contribution in [1.82, 2.24) is 10.3 Å². The molecule has 2 aliphatic heterocycles. The molecule has 0 radical (unpaired) electrons. The standard InChI is InChI=1S/C30H24Cl2N2O3/c31-20-14-19(15-21(32)16-20)22-5-3-6-24-28(18-8-11-36-12-9-18)25(17-33-29(22)24)30(35)34-26-10-13-37-27-7-2-1-4-23(26)27/h1-8,14-17,26H,9-13H2,(H,34,35)/t26-/m0/s1. The summed E-state index contributed by atoms with van der Waals surface area (Å²) in [5.74, 6) is 0.655. The first-order valence-corrected chi connectivity index (χ1v) is 13.0. The summed E-state index contributed by atoms with van der Waals surface area (Å²) < 4.78 is 11.4. The third kappa shape index (κ3) is 4.71. The van der Waals surface area contributed by atoms with Gasteiger partial charge in [-0.3, -0.25) is 9.78 Å². The summed E-state index contributed by atoms with van der Waals surface area (Å²) in [5.41, 5.74) is 6.07. The molecule has 0 bridgehead atoms. The fourth-order valence-electron chi connectivity index (χ4n) is 5.17. The normalized spacial score (nSPS) is 17.0. The minimum atomic E-state index is -0.158. The Morgan fingerprint density at radius 2 is 1.84 bits per heavy atom. The van der Waals surface area contributed by atoms with Crippen LogP contribution in [-0.4, -0.2) is 30.7 Å². The van der Waals surface area contributed by atoms with Crippen LogP contribution in [0.25, 0.3) is 27.6 Å². The maximum Gasteiger partial charge on any atom is 0.253 e. The molecule has 6 rings (SSSR count). The first kappa shape index (κ1) is 24.0. The lowest BCUT2D eigenvalue weighted by molar-refractivity contribution is 0.0924. The molecule has 3 aromatic carbocycles. The topological polar surface area (TPSA) is 60.5 Å². The number of amides is 1. The Hall–Kier alpha value is -3.38. The molecule has 2 aliphatic rings. The van der Waals surface area contributed by atoms with Crippen LogP contribution >= 0.6 is 23.2 Å². The number of rotatable bonds is 4. The molecule has 37 heavy (non-hydrogen) atoms. The van der Waals surface area contributed by atoms with E-state index in [9.17, 15) is 4.79 Å². The summed E-state index contributed by atoms with van der Waals surface area (Å²) in [6.45, 7) is 1.67. The van der Waals surface area contributed by atoms with Crippen molar-refractivity contribution in [3.05, 3.63) is 99.7 Å². The Balaban J connectivity index is 1.47. The van der Waals surface area contributed by atoms with E-state index in [-0.39, 0.29) is 11.9 Å². The Kier molecular flexibility index (Phi) is 6.59. The number of pyridine rings is 1. The van der Waals surface area contributed by atoms with Gasteiger partial charge in [-0.15, -0.1) is 0 Å². The van der Waals surface area contributed by atoms with E-state index in [4.69, 9.17) is 37.7 Å². The second-order valence-corrected chi connectivity index (χ2v) is 10.0. The number of hydrogen-bond donors (Lipinski definition) is 1. The SMILES string of the molecule is O=C(N[C@H]1CCOc2ccccc21)c1cnc2c(-c3cc(Cl)cc(Cl)c3)cccc2c1C1=CCOCC1. The van der Waals surface area contributed by atoms with E-state index in [0.29, 0.717) is 48.3 Å². The van der Waals surface area contributed by atoms with Crippen molar-refractivity contribution >= 4 is 45.6 Å². The average Bonchev–Trinajstić information content (AvgIpc) is 2.92. The highest BCUT2D eigenvalue weighted by atomic mass is 35.5. The highest BCUT2D eigenvalue weighted by Gasteiger charge is 2.26. The smallest absolute Gasteiger partial charge is 0.253 e. The van der Waals surface area contributed by atoms with Gasteiger partial charge in [-0.05, 0) is 41.8 Å². The molecule has 1 atom stereocenters. The number of ether oxygens (including phenoxy) is 2. The van der Waals surface area contributed by atoms with Crippen LogP contribution in [0.3, 0.4) is 0 Å². The van der Waals surface area contributed by atoms with Crippen LogP contribution in [0, 0.1) is 0 Å². The highest BCUT2D eigenvalue weighted by Crippen LogP contribution is 2.38. The number of nitrogens with zero attached hydrogens (tertiary/aromatic N) is 1. The number of benzene rings is 3. The van der Waals surface area contributed by atoms with Gasteiger partial charge in [0.25, 0.3) is 5.91 Å². The molecule has 0 saturated heterocycles. The number of halogens is 2. The number of nitrogens with one attached hydrogen (secondary N) is 1. The van der Waals surface area contributed by atoms with Crippen molar-refractivity contribution in [1.29, 1.82) is 0 Å². The Labute approximate surface area is 225 Å². The van der Waals surface area contributed by atoms with Gasteiger partial charge in [-0.2, -0.15) is 0 Å². The van der Waals surface area contributed by atoms with Gasteiger partial charge in [0, 0.05) is 44.7 Å². The van der Waals surface area contributed by atoms with Crippen molar-refractivity contribution < 1.29 is 14.3 Å². The van der Waals surface area contributed by atoms with Crippen LogP contribution in [0.15, 0.2) is 72.9 Å². The monoisotopic (exact) mass is 530 g/mol. The number of fused-ring (bicyclic) bond motifs is 2. The first-order valence-electron chi connectivity index (χ1n) is 12.3. The van der Waals surface area contributed by atoms with E-state index in [1.54, 1.807) is 12.3 Å². The van der Waals surface area contributed by atoms with Gasteiger partial charge in [0.15, 0.2) is 0 Å². The van der Waals surface area contributed by atoms with E-state index in [1.807, 2.05) is 54.6 Å². The minimum Gasteiger partial charge on any atom is -0.493 e. The van der Waals surface area contributed by atoms with Crippen LogP contribution in [0.1, 0.15) is 40.4 Å². The van der Waals surface area contributed by atoms with Gasteiger partial charge in [0.2, 0.25) is 0 Å². The molecule has 0 aliphatic carbocycles. The fraction of sp³-hybridized carbons (Fsp3) is 0.200. The third-order valence-corrected chi connectivity index (χ3v) is 7.30. The summed E-state index contributed by atoms with van der Waals surface area (Å²) in [7, 11) is 0. The lowest BCUT2D eigenvalue weighted by Crippen LogP contribution is -2.32. The lowest BCUT2D eigenvalue weighted by Gasteiger charge is -2.27. The molecular weight excluding hydrogens is 507 g/mol. The maximum atomic E-state index is 13.8. The van der Waals surface area contributed by atoms with Crippen LogP contribution in [0.2, 0.25) is 10.0 Å². The first-order chi connectivity index (χ1) is 18.1. The van der Waals surface area contributed by atoms with Crippen molar-refractivity contribution in [3.8, 4) is 16.9 Å². The maximum absolute atomic E-state index is 13.8. The molecule has 0 saturated carbocycles. The zero-order valence-corrected chi connectivity index (χ0v) is 21.5. The third-order valence-electron chi connectivity index (χ3n) is 6.86. The van der Waals surface area contributed by atoms with Gasteiger partial charge in [0.1, 0.15) is 5.75 Å². The molecule has 1 aromatic heterocycles. The molecular formula is C30H24Cl2N2O3. The Morgan fingerprint density at radius 3 is 2.65 bits per heavy atom. The summed E-state index contributed by atoms with van der Waals surface area (Å²) in [5, 5.41) is 5.26. The van der Waals surface area contributed by atoms with Gasteiger partial charge < -0.3 is 14.8 Å². The molecule has 3 heterocycles. The van der Waals surface area contributed by atoms with E-state index in [0.717, 1.165) is 44.5 Å². The van der Waals surface area contributed by atoms with Crippen molar-refractivity contribution in [2.24, 2.45) is 0 Å². The van der Waals surface area contributed by atoms with E-state index in [2.05, 4.69) is 11.4 Å². The Bertz CT molecular complexity index is 1530. The largest absolute Gasteiger partial charge is 0.493 e. The van der Waals surface area contributed by atoms with Gasteiger partial charge in [-0.1, -0.05) is 65.7 Å². The van der Waals surface area contributed by atoms with Crippen LogP contribution in [0.5, 0.6) is 5.75 Å². The zero-order valence-electron chi connectivity index (χ0n) is 20.0. The van der Waals surface area contributed by atoms with Gasteiger partial charge >= 0.3 is 0 Å². The summed E-state index contributed by atoms with van der Waals surface area (Å²) in [4.78, 5) is 18.6. The van der Waals surface area contributed by atoms with Gasteiger partial charge in [0.05, 0.1) is 36.9 Å². The molecule has 0 fully saturated rings. The summed E-state index contributed by atoms with van der Waals surface area (Å²) >= 11 is 12.6. The highest BCUT2D eigenvalue weighted by molar-refractivity contribution is 6.35. The van der Waals surface area contributed by atoms with Crippen molar-refractivity contribution in [3.63, 3.8) is 0 Å². The molecule has 7 heteroatoms. The average molecular weight is 531 g/mol. The molecule has 0 spiro atoms. The quantitative estimate of drug-likeness (QED) is 0.301. The number of hydrogen-bond acceptors (Lipinski definition) is 4. The second-order valence-electron chi connectivity index (χ2n) is 9.16. The van der Waals surface area contributed by atoms with E-state index >= 15 is 0 Å². The van der Waals surface area contributed by atoms with Crippen molar-refractivity contribution in [2.45, 2.75) is 18.9 Å². The van der Waals surface area contributed by atoms with Crippen LogP contribution < -0.4 is 10.1 Å². The van der Waals surface area contributed by atoms with Gasteiger partial charge in [-0.25, -0.2) is 0 Å². The molecule has 1 amide bonds. The molecule has 1 N–H and O–H groups in total. The van der Waals surface area contributed by atoms with E-state index in [1.165, 1.54) is 0 Å². The zero-order chi connectivity index (χ0) is 25.4. The Morgan fingerprint density at radius 1 is 1.00 bits per heavy atom. The number of carbonyl (C=O) groups is 1.